The van der Waals surface area contributed by atoms with Crippen LogP contribution in [0.5, 0.6) is 0 Å². The molecular formula is C12H25N. The van der Waals surface area contributed by atoms with Crippen molar-refractivity contribution in [2.24, 2.45) is 17.3 Å². The smallest absolute Gasteiger partial charge is 0.00171 e. The molecule has 1 fully saturated rings. The Morgan fingerprint density at radius 3 is 2.38 bits per heavy atom. The van der Waals surface area contributed by atoms with Gasteiger partial charge in [-0.2, -0.15) is 0 Å². The molecule has 1 saturated heterocycles. The molecular weight excluding hydrogens is 158 g/mol. The molecule has 0 aromatic heterocycles. The van der Waals surface area contributed by atoms with Gasteiger partial charge in [0.15, 0.2) is 0 Å². The molecule has 0 radical (unpaired) electrons. The van der Waals surface area contributed by atoms with Crippen LogP contribution in [0.4, 0.5) is 0 Å². The van der Waals surface area contributed by atoms with Crippen molar-refractivity contribution < 1.29 is 0 Å². The molecule has 0 saturated carbocycles. The third-order valence-corrected chi connectivity index (χ3v) is 3.60. The second-order valence-corrected chi connectivity index (χ2v) is 5.63. The molecule has 0 N–H and O–H groups in total. The predicted molar refractivity (Wildman–Crippen MR) is 58.8 cm³/mol. The zero-order valence-corrected chi connectivity index (χ0v) is 9.93. The molecule has 1 aliphatic heterocycles. The Morgan fingerprint density at radius 1 is 1.31 bits per heavy atom. The van der Waals surface area contributed by atoms with E-state index >= 15 is 0 Å². The second-order valence-electron chi connectivity index (χ2n) is 5.63. The van der Waals surface area contributed by atoms with Gasteiger partial charge >= 0.3 is 0 Å². The van der Waals surface area contributed by atoms with E-state index in [1.807, 2.05) is 0 Å². The highest BCUT2D eigenvalue weighted by Gasteiger charge is 2.33. The minimum Gasteiger partial charge on any atom is -0.303 e. The van der Waals surface area contributed by atoms with E-state index in [-0.39, 0.29) is 0 Å². The molecule has 13 heavy (non-hydrogen) atoms. The van der Waals surface area contributed by atoms with Crippen LogP contribution in [0.25, 0.3) is 0 Å². The van der Waals surface area contributed by atoms with E-state index in [1.54, 1.807) is 0 Å². The fourth-order valence-corrected chi connectivity index (χ4v) is 2.55. The second kappa shape index (κ2) is 4.00. The van der Waals surface area contributed by atoms with Crippen LogP contribution in [0.3, 0.4) is 0 Å². The Balaban J connectivity index is 2.60. The van der Waals surface area contributed by atoms with Crippen LogP contribution in [0.1, 0.15) is 41.0 Å². The summed E-state index contributed by atoms with van der Waals surface area (Å²) in [6.45, 7) is 15.7. The van der Waals surface area contributed by atoms with Gasteiger partial charge in [-0.05, 0) is 36.8 Å². The summed E-state index contributed by atoms with van der Waals surface area (Å²) in [7, 11) is 0. The molecule has 0 amide bonds. The molecule has 1 heterocycles. The topological polar surface area (TPSA) is 3.24 Å². The normalized spacial score (nSPS) is 32.1. The first-order chi connectivity index (χ1) is 5.95. The molecule has 0 aromatic carbocycles. The summed E-state index contributed by atoms with van der Waals surface area (Å²) >= 11 is 0. The molecule has 0 aliphatic carbocycles. The summed E-state index contributed by atoms with van der Waals surface area (Å²) < 4.78 is 0. The SMILES string of the molecule is CCN1CCC(C)[C@H](C(C)(C)C)C1. The van der Waals surface area contributed by atoms with Gasteiger partial charge in [-0.25, -0.2) is 0 Å². The Hall–Kier alpha value is -0.0400. The van der Waals surface area contributed by atoms with Crippen LogP contribution < -0.4 is 0 Å². The lowest BCUT2D eigenvalue weighted by atomic mass is 9.71. The maximum atomic E-state index is 2.59. The highest BCUT2D eigenvalue weighted by atomic mass is 15.1. The summed E-state index contributed by atoms with van der Waals surface area (Å²) in [4.78, 5) is 2.59. The van der Waals surface area contributed by atoms with E-state index in [0.29, 0.717) is 5.41 Å². The summed E-state index contributed by atoms with van der Waals surface area (Å²) in [5.41, 5.74) is 0.479. The molecule has 0 bridgehead atoms. The summed E-state index contributed by atoms with van der Waals surface area (Å²) in [6, 6.07) is 0. The third kappa shape index (κ3) is 2.70. The van der Waals surface area contributed by atoms with Crippen LogP contribution in [-0.2, 0) is 0 Å². The average molecular weight is 183 g/mol. The van der Waals surface area contributed by atoms with E-state index in [4.69, 9.17) is 0 Å². The number of hydrogen-bond donors (Lipinski definition) is 0. The van der Waals surface area contributed by atoms with Gasteiger partial charge in [0.2, 0.25) is 0 Å². The van der Waals surface area contributed by atoms with Gasteiger partial charge in [0.1, 0.15) is 0 Å². The minimum absolute atomic E-state index is 0.479. The number of likely N-dealkylation sites (tertiary alicyclic amines) is 1. The quantitative estimate of drug-likeness (QED) is 0.604. The first kappa shape index (κ1) is 11.0. The van der Waals surface area contributed by atoms with Gasteiger partial charge in [-0.3, -0.25) is 0 Å². The standard InChI is InChI=1S/C12H25N/c1-6-13-8-7-10(2)11(9-13)12(3,4)5/h10-11H,6-9H2,1-5H3/t10?,11-/m1/s1. The molecule has 1 nitrogen and oxygen atoms in total. The van der Waals surface area contributed by atoms with Crippen molar-refractivity contribution in [3.8, 4) is 0 Å². The van der Waals surface area contributed by atoms with Crippen LogP contribution in [-0.4, -0.2) is 24.5 Å². The highest BCUT2D eigenvalue weighted by Crippen LogP contribution is 2.36. The summed E-state index contributed by atoms with van der Waals surface area (Å²) in [6.07, 6.45) is 1.38. The molecule has 78 valence electrons. The van der Waals surface area contributed by atoms with Gasteiger partial charge in [-0.15, -0.1) is 0 Å². The van der Waals surface area contributed by atoms with Gasteiger partial charge in [0, 0.05) is 6.54 Å². The highest BCUT2D eigenvalue weighted by molar-refractivity contribution is 4.85. The van der Waals surface area contributed by atoms with Crippen molar-refractivity contribution >= 4 is 0 Å². The van der Waals surface area contributed by atoms with Crippen molar-refractivity contribution in [1.82, 2.24) is 4.90 Å². The Kier molecular flexibility index (Phi) is 3.39. The summed E-state index contributed by atoms with van der Waals surface area (Å²) in [5, 5.41) is 0. The van der Waals surface area contributed by atoms with Crippen LogP contribution in [0.2, 0.25) is 0 Å². The van der Waals surface area contributed by atoms with Crippen LogP contribution in [0, 0.1) is 17.3 Å². The van der Waals surface area contributed by atoms with E-state index in [2.05, 4.69) is 39.5 Å². The Labute approximate surface area is 83.5 Å². The third-order valence-electron chi connectivity index (χ3n) is 3.60. The van der Waals surface area contributed by atoms with Gasteiger partial charge < -0.3 is 4.90 Å². The first-order valence-electron chi connectivity index (χ1n) is 5.67. The lowest BCUT2D eigenvalue weighted by molar-refractivity contribution is 0.0571. The zero-order chi connectivity index (χ0) is 10.1. The maximum Gasteiger partial charge on any atom is 0.00171 e. The van der Waals surface area contributed by atoms with Gasteiger partial charge in [0.05, 0.1) is 0 Å². The van der Waals surface area contributed by atoms with Crippen molar-refractivity contribution in [3.05, 3.63) is 0 Å². The van der Waals surface area contributed by atoms with Crippen LogP contribution >= 0.6 is 0 Å². The van der Waals surface area contributed by atoms with Crippen molar-refractivity contribution in [1.29, 1.82) is 0 Å². The van der Waals surface area contributed by atoms with Crippen molar-refractivity contribution in [2.45, 2.75) is 41.0 Å². The predicted octanol–water partition coefficient (Wildman–Crippen LogP) is 3.01. The minimum atomic E-state index is 0.479. The van der Waals surface area contributed by atoms with Crippen molar-refractivity contribution in [3.63, 3.8) is 0 Å². The van der Waals surface area contributed by atoms with Crippen molar-refractivity contribution in [2.75, 3.05) is 19.6 Å². The molecule has 1 unspecified atom stereocenters. The first-order valence-corrected chi connectivity index (χ1v) is 5.67. The Bertz CT molecular complexity index is 157. The maximum absolute atomic E-state index is 2.59. The van der Waals surface area contributed by atoms with E-state index in [1.165, 1.54) is 26.1 Å². The number of rotatable bonds is 1. The van der Waals surface area contributed by atoms with Crippen LogP contribution in [0.15, 0.2) is 0 Å². The fourth-order valence-electron chi connectivity index (χ4n) is 2.55. The molecule has 0 spiro atoms. The molecule has 1 rings (SSSR count). The van der Waals surface area contributed by atoms with Gasteiger partial charge in [-0.1, -0.05) is 34.6 Å². The zero-order valence-electron chi connectivity index (χ0n) is 9.93. The number of nitrogens with zero attached hydrogens (tertiary/aromatic N) is 1. The molecule has 0 aromatic rings. The number of piperidine rings is 1. The average Bonchev–Trinajstić information content (AvgIpc) is 2.03. The van der Waals surface area contributed by atoms with E-state index in [0.717, 1.165) is 11.8 Å². The largest absolute Gasteiger partial charge is 0.303 e. The van der Waals surface area contributed by atoms with E-state index in [9.17, 15) is 0 Å². The summed E-state index contributed by atoms with van der Waals surface area (Å²) in [5.74, 6) is 1.78. The van der Waals surface area contributed by atoms with Gasteiger partial charge in [0.25, 0.3) is 0 Å². The molecule has 1 aliphatic rings. The fraction of sp³-hybridized carbons (Fsp3) is 1.00. The van der Waals surface area contributed by atoms with E-state index < -0.39 is 0 Å². The molecule has 1 heteroatoms. The Morgan fingerprint density at radius 2 is 1.92 bits per heavy atom. The lowest BCUT2D eigenvalue weighted by Gasteiger charge is -2.43. The molecule has 2 atom stereocenters. The lowest BCUT2D eigenvalue weighted by Crippen LogP contribution is -2.44. The monoisotopic (exact) mass is 183 g/mol. The number of hydrogen-bond acceptors (Lipinski definition) is 1.